The fourth-order valence-corrected chi connectivity index (χ4v) is 2.26. The van der Waals surface area contributed by atoms with Crippen LogP contribution in [0.1, 0.15) is 48.3 Å². The first-order chi connectivity index (χ1) is 10.0. The van der Waals surface area contributed by atoms with E-state index in [4.69, 9.17) is 4.74 Å². The van der Waals surface area contributed by atoms with Crippen molar-refractivity contribution in [3.8, 4) is 0 Å². The number of nitrogens with zero attached hydrogens (tertiary/aromatic N) is 2. The molecule has 0 saturated carbocycles. The predicted molar refractivity (Wildman–Crippen MR) is 77.8 cm³/mol. The summed E-state index contributed by atoms with van der Waals surface area (Å²) >= 11 is 0. The maximum atomic E-state index is 12.9. The van der Waals surface area contributed by atoms with Gasteiger partial charge in [-0.3, -0.25) is 4.68 Å². The van der Waals surface area contributed by atoms with Crippen LogP contribution in [0.25, 0.3) is 0 Å². The molecule has 1 heterocycles. The molecule has 0 aliphatic carbocycles. The molecule has 0 radical (unpaired) electrons. The monoisotopic (exact) mass is 290 g/mol. The third-order valence-electron chi connectivity index (χ3n) is 3.17. The molecule has 4 nitrogen and oxygen atoms in total. The van der Waals surface area contributed by atoms with Gasteiger partial charge in [-0.2, -0.15) is 5.10 Å². The van der Waals surface area contributed by atoms with Gasteiger partial charge in [0.25, 0.3) is 0 Å². The summed E-state index contributed by atoms with van der Waals surface area (Å²) in [6.07, 6.45) is 1.54. The van der Waals surface area contributed by atoms with Gasteiger partial charge in [-0.15, -0.1) is 0 Å². The Balaban J connectivity index is 2.31. The number of benzene rings is 1. The minimum Gasteiger partial charge on any atom is -0.462 e. The minimum atomic E-state index is -0.355. The van der Waals surface area contributed by atoms with E-state index in [0.29, 0.717) is 18.7 Å². The van der Waals surface area contributed by atoms with Gasteiger partial charge in [0.1, 0.15) is 11.4 Å². The lowest BCUT2D eigenvalue weighted by atomic mass is 10.1. The maximum Gasteiger partial charge on any atom is 0.341 e. The molecule has 0 aliphatic rings. The smallest absolute Gasteiger partial charge is 0.341 e. The van der Waals surface area contributed by atoms with E-state index >= 15 is 0 Å². The Morgan fingerprint density at radius 1 is 1.33 bits per heavy atom. The van der Waals surface area contributed by atoms with Gasteiger partial charge in [-0.05, 0) is 30.5 Å². The summed E-state index contributed by atoms with van der Waals surface area (Å²) in [5, 5.41) is 4.28. The molecule has 0 spiro atoms. The molecule has 0 amide bonds. The third kappa shape index (κ3) is 3.48. The number of hydrogen-bond donors (Lipinski definition) is 0. The van der Waals surface area contributed by atoms with E-state index in [-0.39, 0.29) is 17.7 Å². The molecule has 0 unspecified atom stereocenters. The van der Waals surface area contributed by atoms with Gasteiger partial charge < -0.3 is 4.74 Å². The summed E-state index contributed by atoms with van der Waals surface area (Å²) in [4.78, 5) is 12.0. The van der Waals surface area contributed by atoms with Crippen molar-refractivity contribution in [2.24, 2.45) is 0 Å². The molecular formula is C16H19FN2O2. The zero-order chi connectivity index (χ0) is 15.4. The van der Waals surface area contributed by atoms with Gasteiger partial charge in [0.2, 0.25) is 0 Å². The largest absolute Gasteiger partial charge is 0.462 e. The van der Waals surface area contributed by atoms with Crippen molar-refractivity contribution < 1.29 is 13.9 Å². The highest BCUT2D eigenvalue weighted by Gasteiger charge is 2.20. The van der Waals surface area contributed by atoms with Gasteiger partial charge in [-0.1, -0.05) is 26.0 Å². The van der Waals surface area contributed by atoms with Crippen molar-refractivity contribution >= 4 is 5.97 Å². The zero-order valence-corrected chi connectivity index (χ0v) is 12.5. The van der Waals surface area contributed by atoms with E-state index in [9.17, 15) is 9.18 Å². The van der Waals surface area contributed by atoms with Crippen molar-refractivity contribution in [1.82, 2.24) is 9.78 Å². The van der Waals surface area contributed by atoms with Crippen molar-refractivity contribution in [2.75, 3.05) is 6.61 Å². The Labute approximate surface area is 123 Å². The van der Waals surface area contributed by atoms with Crippen LogP contribution in [0.5, 0.6) is 0 Å². The van der Waals surface area contributed by atoms with E-state index in [1.165, 1.54) is 18.3 Å². The second-order valence-electron chi connectivity index (χ2n) is 5.10. The molecule has 0 atom stereocenters. The Morgan fingerprint density at radius 2 is 2.00 bits per heavy atom. The Morgan fingerprint density at radius 3 is 2.57 bits per heavy atom. The lowest BCUT2D eigenvalue weighted by molar-refractivity contribution is 0.0524. The van der Waals surface area contributed by atoms with Crippen molar-refractivity contribution in [2.45, 2.75) is 33.2 Å². The van der Waals surface area contributed by atoms with Crippen LogP contribution >= 0.6 is 0 Å². The average molecular weight is 290 g/mol. The molecule has 5 heteroatoms. The first-order valence-electron chi connectivity index (χ1n) is 7.00. The SMILES string of the molecule is CCOC(=O)c1cnn(Cc2ccc(F)cc2)c1C(C)C. The van der Waals surface area contributed by atoms with E-state index in [0.717, 1.165) is 11.3 Å². The summed E-state index contributed by atoms with van der Waals surface area (Å²) in [6.45, 7) is 6.60. The summed E-state index contributed by atoms with van der Waals surface area (Å²) in [5.74, 6) is -0.491. The number of ether oxygens (including phenoxy) is 1. The van der Waals surface area contributed by atoms with Crippen LogP contribution in [-0.2, 0) is 11.3 Å². The number of carbonyl (C=O) groups is 1. The van der Waals surface area contributed by atoms with Gasteiger partial charge in [-0.25, -0.2) is 9.18 Å². The molecule has 0 bridgehead atoms. The molecule has 2 aromatic rings. The van der Waals surface area contributed by atoms with Crippen molar-refractivity contribution in [3.05, 3.63) is 53.1 Å². The Hall–Kier alpha value is -2.17. The van der Waals surface area contributed by atoms with Crippen molar-refractivity contribution in [1.29, 1.82) is 0 Å². The molecule has 112 valence electrons. The highest BCUT2D eigenvalue weighted by atomic mass is 19.1. The van der Waals surface area contributed by atoms with Crippen LogP contribution in [0.15, 0.2) is 30.5 Å². The highest BCUT2D eigenvalue weighted by Crippen LogP contribution is 2.21. The standard InChI is InChI=1S/C16H19FN2O2/c1-4-21-16(20)14-9-18-19(15(14)11(2)3)10-12-5-7-13(17)8-6-12/h5-9,11H,4,10H2,1-3H3. The maximum absolute atomic E-state index is 12.9. The molecule has 0 aliphatic heterocycles. The van der Waals surface area contributed by atoms with Crippen LogP contribution in [-0.4, -0.2) is 22.4 Å². The molecule has 21 heavy (non-hydrogen) atoms. The fourth-order valence-electron chi connectivity index (χ4n) is 2.26. The number of carbonyl (C=O) groups excluding carboxylic acids is 1. The van der Waals surface area contributed by atoms with E-state index in [2.05, 4.69) is 5.10 Å². The molecule has 0 saturated heterocycles. The quantitative estimate of drug-likeness (QED) is 0.793. The zero-order valence-electron chi connectivity index (χ0n) is 12.5. The van der Waals surface area contributed by atoms with Crippen molar-refractivity contribution in [3.63, 3.8) is 0 Å². The van der Waals surface area contributed by atoms with Crippen LogP contribution in [0, 0.1) is 5.82 Å². The summed E-state index contributed by atoms with van der Waals surface area (Å²) in [7, 11) is 0. The normalized spacial score (nSPS) is 10.9. The topological polar surface area (TPSA) is 44.1 Å². The van der Waals surface area contributed by atoms with E-state index in [1.807, 2.05) is 13.8 Å². The fraction of sp³-hybridized carbons (Fsp3) is 0.375. The number of aromatic nitrogens is 2. The molecule has 2 rings (SSSR count). The number of esters is 1. The van der Waals surface area contributed by atoms with Gasteiger partial charge in [0.15, 0.2) is 0 Å². The molecule has 1 aromatic carbocycles. The van der Waals surface area contributed by atoms with Crippen LogP contribution in [0.2, 0.25) is 0 Å². The van der Waals surface area contributed by atoms with Gasteiger partial charge in [0.05, 0.1) is 25.0 Å². The minimum absolute atomic E-state index is 0.132. The van der Waals surface area contributed by atoms with Crippen LogP contribution in [0.3, 0.4) is 0 Å². The number of halogens is 1. The van der Waals surface area contributed by atoms with Crippen LogP contribution in [0.4, 0.5) is 4.39 Å². The first-order valence-corrected chi connectivity index (χ1v) is 7.00. The Kier molecular flexibility index (Phi) is 4.73. The molecule has 0 N–H and O–H groups in total. The van der Waals surface area contributed by atoms with E-state index in [1.54, 1.807) is 23.7 Å². The lowest BCUT2D eigenvalue weighted by Gasteiger charge is -2.12. The number of hydrogen-bond acceptors (Lipinski definition) is 3. The summed E-state index contributed by atoms with van der Waals surface area (Å²) in [6, 6.07) is 6.26. The third-order valence-corrected chi connectivity index (χ3v) is 3.17. The molecule has 1 aromatic heterocycles. The van der Waals surface area contributed by atoms with Crippen LogP contribution < -0.4 is 0 Å². The van der Waals surface area contributed by atoms with Gasteiger partial charge >= 0.3 is 5.97 Å². The van der Waals surface area contributed by atoms with E-state index < -0.39 is 0 Å². The Bertz CT molecular complexity index is 618. The predicted octanol–water partition coefficient (Wildman–Crippen LogP) is 3.37. The molecular weight excluding hydrogens is 271 g/mol. The average Bonchev–Trinajstić information content (AvgIpc) is 2.85. The lowest BCUT2D eigenvalue weighted by Crippen LogP contribution is -2.12. The summed E-state index contributed by atoms with van der Waals surface area (Å²) < 4.78 is 19.8. The second-order valence-corrected chi connectivity index (χ2v) is 5.10. The summed E-state index contributed by atoms with van der Waals surface area (Å²) in [5.41, 5.74) is 2.25. The number of rotatable bonds is 5. The second kappa shape index (κ2) is 6.52. The van der Waals surface area contributed by atoms with Gasteiger partial charge in [0, 0.05) is 0 Å². The molecule has 0 fully saturated rings. The first kappa shape index (κ1) is 15.2. The highest BCUT2D eigenvalue weighted by molar-refractivity contribution is 5.90.